The summed E-state index contributed by atoms with van der Waals surface area (Å²) in [7, 11) is 0. The van der Waals surface area contributed by atoms with Crippen LogP contribution in [0.4, 0.5) is 4.39 Å². The molecule has 0 aliphatic carbocycles. The van der Waals surface area contributed by atoms with Gasteiger partial charge in [-0.2, -0.15) is 0 Å². The first-order chi connectivity index (χ1) is 9.10. The van der Waals surface area contributed by atoms with Crippen molar-refractivity contribution in [2.24, 2.45) is 5.73 Å². The summed E-state index contributed by atoms with van der Waals surface area (Å²) in [6.45, 7) is 0.561. The predicted octanol–water partition coefficient (Wildman–Crippen LogP) is 4.28. The average molecular weight is 345 g/mol. The highest BCUT2D eigenvalue weighted by Gasteiger charge is 2.07. The summed E-state index contributed by atoms with van der Waals surface area (Å²) in [5, 5.41) is 0.508. The van der Waals surface area contributed by atoms with Crippen molar-refractivity contribution in [3.63, 3.8) is 0 Å². The molecule has 2 rings (SSSR count). The Balaban J connectivity index is 2.18. The smallest absolute Gasteiger partial charge is 0.139 e. The third-order valence-electron chi connectivity index (χ3n) is 2.66. The monoisotopic (exact) mass is 343 g/mol. The zero-order valence-corrected chi connectivity index (χ0v) is 12.3. The minimum absolute atomic E-state index is 0.223. The van der Waals surface area contributed by atoms with E-state index in [1.165, 1.54) is 12.1 Å². The summed E-state index contributed by atoms with van der Waals surface area (Å²) < 4.78 is 19.7. The van der Waals surface area contributed by atoms with E-state index in [0.717, 1.165) is 15.6 Å². The fourth-order valence-corrected chi connectivity index (χ4v) is 2.18. The van der Waals surface area contributed by atoms with Gasteiger partial charge in [0.15, 0.2) is 0 Å². The lowest BCUT2D eigenvalue weighted by Crippen LogP contribution is -2.05. The highest BCUT2D eigenvalue weighted by molar-refractivity contribution is 9.10. The summed E-state index contributed by atoms with van der Waals surface area (Å²) in [6.07, 6.45) is 0. The second-order valence-electron chi connectivity index (χ2n) is 3.98. The lowest BCUT2D eigenvalue weighted by molar-refractivity contribution is 0.304. The van der Waals surface area contributed by atoms with E-state index < -0.39 is 0 Å². The third-order valence-corrected chi connectivity index (χ3v) is 3.47. The number of halogens is 3. The summed E-state index contributed by atoms with van der Waals surface area (Å²) in [4.78, 5) is 0. The van der Waals surface area contributed by atoms with Crippen LogP contribution in [0.15, 0.2) is 40.9 Å². The Hall–Kier alpha value is -1.10. The lowest BCUT2D eigenvalue weighted by atomic mass is 10.1. The second-order valence-corrected chi connectivity index (χ2v) is 5.30. The Bertz CT molecular complexity index is 592. The van der Waals surface area contributed by atoms with Crippen molar-refractivity contribution in [2.45, 2.75) is 13.2 Å². The minimum Gasteiger partial charge on any atom is -0.487 e. The Labute approximate surface area is 124 Å². The standard InChI is InChI=1S/C14H12BrClFNO/c15-11-2-4-13(16)14(6-11)19-8-10-5-12(17)3-1-9(10)7-18/h1-6H,7-8,18H2. The summed E-state index contributed by atoms with van der Waals surface area (Å²) in [5.41, 5.74) is 7.19. The number of hydrogen-bond donors (Lipinski definition) is 1. The molecule has 2 aromatic carbocycles. The van der Waals surface area contributed by atoms with Gasteiger partial charge in [0, 0.05) is 11.0 Å². The number of hydrogen-bond acceptors (Lipinski definition) is 2. The first-order valence-corrected chi connectivity index (χ1v) is 6.82. The molecule has 0 aliphatic rings. The highest BCUT2D eigenvalue weighted by Crippen LogP contribution is 2.28. The van der Waals surface area contributed by atoms with E-state index in [9.17, 15) is 4.39 Å². The maximum Gasteiger partial charge on any atom is 0.139 e. The minimum atomic E-state index is -0.309. The Kier molecular flexibility index (Phi) is 4.80. The van der Waals surface area contributed by atoms with Gasteiger partial charge < -0.3 is 10.5 Å². The van der Waals surface area contributed by atoms with Crippen LogP contribution in [0, 0.1) is 5.82 Å². The molecule has 0 aromatic heterocycles. The molecule has 0 saturated heterocycles. The van der Waals surface area contributed by atoms with Gasteiger partial charge in [0.05, 0.1) is 5.02 Å². The fraction of sp³-hybridized carbons (Fsp3) is 0.143. The van der Waals surface area contributed by atoms with Crippen molar-refractivity contribution in [1.82, 2.24) is 0 Å². The van der Waals surface area contributed by atoms with Crippen LogP contribution in [0.2, 0.25) is 5.02 Å². The first-order valence-electron chi connectivity index (χ1n) is 5.65. The van der Waals surface area contributed by atoms with E-state index in [-0.39, 0.29) is 12.4 Å². The summed E-state index contributed by atoms with van der Waals surface area (Å²) in [5.74, 6) is 0.236. The van der Waals surface area contributed by atoms with Crippen molar-refractivity contribution in [1.29, 1.82) is 0 Å². The van der Waals surface area contributed by atoms with Gasteiger partial charge >= 0.3 is 0 Å². The molecule has 0 radical (unpaired) electrons. The van der Waals surface area contributed by atoms with Gasteiger partial charge in [-0.25, -0.2) is 4.39 Å². The van der Waals surface area contributed by atoms with Crippen LogP contribution in [0.3, 0.4) is 0 Å². The normalized spacial score (nSPS) is 10.5. The van der Waals surface area contributed by atoms with Crippen molar-refractivity contribution < 1.29 is 9.13 Å². The van der Waals surface area contributed by atoms with Gasteiger partial charge in [-0.15, -0.1) is 0 Å². The van der Waals surface area contributed by atoms with Crippen LogP contribution in [-0.4, -0.2) is 0 Å². The Morgan fingerprint density at radius 3 is 2.68 bits per heavy atom. The van der Waals surface area contributed by atoms with Crippen LogP contribution >= 0.6 is 27.5 Å². The van der Waals surface area contributed by atoms with Gasteiger partial charge in [-0.05, 0) is 41.5 Å². The molecule has 0 saturated carbocycles. The van der Waals surface area contributed by atoms with Crippen molar-refractivity contribution in [3.8, 4) is 5.75 Å². The van der Waals surface area contributed by atoms with Crippen LogP contribution in [0.5, 0.6) is 5.75 Å². The molecule has 0 unspecified atom stereocenters. The topological polar surface area (TPSA) is 35.2 Å². The van der Waals surface area contributed by atoms with E-state index >= 15 is 0 Å². The number of nitrogens with two attached hydrogens (primary N) is 1. The fourth-order valence-electron chi connectivity index (χ4n) is 1.67. The molecule has 19 heavy (non-hydrogen) atoms. The van der Waals surface area contributed by atoms with Crippen LogP contribution in [0.25, 0.3) is 0 Å². The maximum atomic E-state index is 13.2. The molecule has 0 heterocycles. The molecule has 2 N–H and O–H groups in total. The van der Waals surface area contributed by atoms with Crippen molar-refractivity contribution >= 4 is 27.5 Å². The quantitative estimate of drug-likeness (QED) is 0.898. The Morgan fingerprint density at radius 1 is 1.16 bits per heavy atom. The number of rotatable bonds is 4. The van der Waals surface area contributed by atoms with Crippen LogP contribution in [-0.2, 0) is 13.2 Å². The molecule has 100 valence electrons. The van der Waals surface area contributed by atoms with E-state index in [1.54, 1.807) is 18.2 Å². The number of benzene rings is 2. The van der Waals surface area contributed by atoms with Crippen LogP contribution in [0.1, 0.15) is 11.1 Å². The van der Waals surface area contributed by atoms with Crippen LogP contribution < -0.4 is 10.5 Å². The van der Waals surface area contributed by atoms with Gasteiger partial charge in [-0.3, -0.25) is 0 Å². The van der Waals surface area contributed by atoms with E-state index in [0.29, 0.717) is 17.3 Å². The molecule has 0 amide bonds. The lowest BCUT2D eigenvalue weighted by Gasteiger charge is -2.11. The van der Waals surface area contributed by atoms with E-state index in [1.807, 2.05) is 6.07 Å². The van der Waals surface area contributed by atoms with Crippen molar-refractivity contribution in [2.75, 3.05) is 0 Å². The molecule has 0 atom stereocenters. The van der Waals surface area contributed by atoms with Crippen molar-refractivity contribution in [3.05, 3.63) is 62.8 Å². The van der Waals surface area contributed by atoms with E-state index in [4.69, 9.17) is 22.1 Å². The maximum absolute atomic E-state index is 13.2. The van der Waals surface area contributed by atoms with Gasteiger partial charge in [0.2, 0.25) is 0 Å². The Morgan fingerprint density at radius 2 is 1.95 bits per heavy atom. The van der Waals surface area contributed by atoms with Gasteiger partial charge in [-0.1, -0.05) is 33.6 Å². The molecular formula is C14H12BrClFNO. The second kappa shape index (κ2) is 6.37. The number of ether oxygens (including phenoxy) is 1. The van der Waals surface area contributed by atoms with E-state index in [2.05, 4.69) is 15.9 Å². The molecule has 0 spiro atoms. The molecule has 0 bridgehead atoms. The third kappa shape index (κ3) is 3.69. The predicted molar refractivity (Wildman–Crippen MR) is 77.8 cm³/mol. The highest BCUT2D eigenvalue weighted by atomic mass is 79.9. The SMILES string of the molecule is NCc1ccc(F)cc1COc1cc(Br)ccc1Cl. The molecule has 0 fully saturated rings. The zero-order chi connectivity index (χ0) is 13.8. The first kappa shape index (κ1) is 14.3. The van der Waals surface area contributed by atoms with Gasteiger partial charge in [0.1, 0.15) is 18.2 Å². The average Bonchev–Trinajstić information content (AvgIpc) is 2.40. The molecule has 2 nitrogen and oxygen atoms in total. The molecule has 5 heteroatoms. The summed E-state index contributed by atoms with van der Waals surface area (Å²) in [6, 6.07) is 9.80. The summed E-state index contributed by atoms with van der Waals surface area (Å²) >= 11 is 9.37. The largest absolute Gasteiger partial charge is 0.487 e. The zero-order valence-electron chi connectivity index (χ0n) is 10.00. The molecular weight excluding hydrogens is 333 g/mol. The molecule has 2 aromatic rings. The molecule has 0 aliphatic heterocycles. The van der Waals surface area contributed by atoms with Gasteiger partial charge in [0.25, 0.3) is 0 Å².